The first-order valence-electron chi connectivity index (χ1n) is 7.78. The largest absolute Gasteiger partial charge is 0.486 e. The van der Waals surface area contributed by atoms with E-state index in [0.29, 0.717) is 25.3 Å². The Morgan fingerprint density at radius 2 is 2.00 bits per heavy atom. The highest BCUT2D eigenvalue weighted by atomic mass is 16.6. The van der Waals surface area contributed by atoms with Gasteiger partial charge in [-0.3, -0.25) is 4.79 Å². The fraction of sp³-hybridized carbons (Fsp3) is 0.222. The van der Waals surface area contributed by atoms with Crippen LogP contribution in [0.25, 0.3) is 11.0 Å². The minimum absolute atomic E-state index is 0.0404. The Morgan fingerprint density at radius 1 is 1.17 bits per heavy atom. The molecule has 1 aromatic heterocycles. The number of carbonyl (C=O) groups excluding carboxylic acids is 1. The monoisotopic (exact) mass is 323 g/mol. The molecular weight excluding hydrogens is 306 g/mol. The second kappa shape index (κ2) is 5.88. The van der Waals surface area contributed by atoms with Crippen LogP contribution in [0.2, 0.25) is 0 Å². The van der Waals surface area contributed by atoms with Crippen LogP contribution in [0.5, 0.6) is 11.5 Å². The average Bonchev–Trinajstić information content (AvgIpc) is 3.08. The number of ether oxygens (including phenoxy) is 2. The molecule has 2 heterocycles. The molecule has 6 heteroatoms. The Morgan fingerprint density at radius 3 is 2.88 bits per heavy atom. The van der Waals surface area contributed by atoms with Gasteiger partial charge in [-0.2, -0.15) is 0 Å². The number of hydrogen-bond donors (Lipinski definition) is 1. The average molecular weight is 323 g/mol. The predicted molar refractivity (Wildman–Crippen MR) is 89.3 cm³/mol. The van der Waals surface area contributed by atoms with Gasteiger partial charge < -0.3 is 19.4 Å². The Hall–Kier alpha value is -3.02. The summed E-state index contributed by atoms with van der Waals surface area (Å²) in [4.78, 5) is 21.5. The number of hydrogen-bond acceptors (Lipinski definition) is 4. The highest BCUT2D eigenvalue weighted by Crippen LogP contribution is 2.31. The SMILES string of the molecule is CN(Cc1ccc2c(c1)OCCO2)C(=O)c1ccc2nc[nH]c2c1. The molecule has 1 aliphatic rings. The molecule has 122 valence electrons. The summed E-state index contributed by atoms with van der Waals surface area (Å²) in [6.07, 6.45) is 1.62. The minimum atomic E-state index is -0.0404. The van der Waals surface area contributed by atoms with E-state index in [2.05, 4.69) is 9.97 Å². The van der Waals surface area contributed by atoms with Crippen molar-refractivity contribution in [2.24, 2.45) is 0 Å². The Balaban J connectivity index is 1.52. The normalized spacial score (nSPS) is 13.0. The fourth-order valence-corrected chi connectivity index (χ4v) is 2.82. The number of imidazole rings is 1. The number of H-pyrrole nitrogens is 1. The van der Waals surface area contributed by atoms with E-state index < -0.39 is 0 Å². The Bertz CT molecular complexity index is 903. The lowest BCUT2D eigenvalue weighted by atomic mass is 10.1. The lowest BCUT2D eigenvalue weighted by molar-refractivity contribution is 0.0785. The third kappa shape index (κ3) is 2.67. The van der Waals surface area contributed by atoms with E-state index in [0.717, 1.165) is 28.1 Å². The summed E-state index contributed by atoms with van der Waals surface area (Å²) in [5, 5.41) is 0. The topological polar surface area (TPSA) is 67.5 Å². The lowest BCUT2D eigenvalue weighted by Crippen LogP contribution is -2.26. The summed E-state index contributed by atoms with van der Waals surface area (Å²) in [5.74, 6) is 1.45. The van der Waals surface area contributed by atoms with E-state index in [1.165, 1.54) is 0 Å². The molecule has 24 heavy (non-hydrogen) atoms. The molecule has 0 aliphatic carbocycles. The Labute approximate surface area is 139 Å². The summed E-state index contributed by atoms with van der Waals surface area (Å²) in [6, 6.07) is 11.2. The van der Waals surface area contributed by atoms with Crippen LogP contribution in [-0.2, 0) is 6.54 Å². The minimum Gasteiger partial charge on any atom is -0.486 e. The van der Waals surface area contributed by atoms with Crippen LogP contribution < -0.4 is 9.47 Å². The second-order valence-corrected chi connectivity index (χ2v) is 5.77. The molecule has 1 amide bonds. The highest BCUT2D eigenvalue weighted by Gasteiger charge is 2.16. The van der Waals surface area contributed by atoms with Gasteiger partial charge in [0.1, 0.15) is 13.2 Å². The molecule has 0 fully saturated rings. The third-order valence-electron chi connectivity index (χ3n) is 4.04. The molecule has 0 spiro atoms. The van der Waals surface area contributed by atoms with Crippen LogP contribution in [0.3, 0.4) is 0 Å². The van der Waals surface area contributed by atoms with Crippen LogP contribution in [-0.4, -0.2) is 41.0 Å². The van der Waals surface area contributed by atoms with Crippen molar-refractivity contribution in [2.75, 3.05) is 20.3 Å². The van der Waals surface area contributed by atoms with Crippen LogP contribution >= 0.6 is 0 Å². The zero-order valence-electron chi connectivity index (χ0n) is 13.3. The molecule has 0 unspecified atom stereocenters. The number of benzene rings is 2. The molecule has 0 atom stereocenters. The molecule has 4 rings (SSSR count). The van der Waals surface area contributed by atoms with Crippen molar-refractivity contribution >= 4 is 16.9 Å². The summed E-state index contributed by atoms with van der Waals surface area (Å²) >= 11 is 0. The number of nitrogens with zero attached hydrogens (tertiary/aromatic N) is 2. The summed E-state index contributed by atoms with van der Waals surface area (Å²) in [6.45, 7) is 1.62. The fourth-order valence-electron chi connectivity index (χ4n) is 2.82. The molecule has 0 radical (unpaired) electrons. The summed E-state index contributed by atoms with van der Waals surface area (Å²) in [7, 11) is 1.79. The van der Waals surface area contributed by atoms with Crippen LogP contribution in [0.4, 0.5) is 0 Å². The first kappa shape index (κ1) is 14.6. The van der Waals surface area contributed by atoms with E-state index >= 15 is 0 Å². The summed E-state index contributed by atoms with van der Waals surface area (Å²) in [5.41, 5.74) is 3.33. The zero-order valence-corrected chi connectivity index (χ0v) is 13.3. The van der Waals surface area contributed by atoms with Gasteiger partial charge >= 0.3 is 0 Å². The molecule has 0 saturated carbocycles. The maximum absolute atomic E-state index is 12.6. The van der Waals surface area contributed by atoms with Crippen molar-refractivity contribution in [3.05, 3.63) is 53.9 Å². The molecule has 0 saturated heterocycles. The van der Waals surface area contributed by atoms with Gasteiger partial charge in [0.15, 0.2) is 11.5 Å². The molecule has 0 bridgehead atoms. The van der Waals surface area contributed by atoms with Gasteiger partial charge in [-0.25, -0.2) is 4.98 Å². The molecule has 1 N–H and O–H groups in total. The molecular formula is C18H17N3O3. The highest BCUT2D eigenvalue weighted by molar-refractivity contribution is 5.97. The standard InChI is InChI=1S/C18H17N3O3/c1-21(10-12-2-5-16-17(8-12)24-7-6-23-16)18(22)13-3-4-14-15(9-13)20-11-19-14/h2-5,8-9,11H,6-7,10H2,1H3,(H,19,20). The third-order valence-corrected chi connectivity index (χ3v) is 4.04. The number of rotatable bonds is 3. The van der Waals surface area contributed by atoms with E-state index in [1.807, 2.05) is 30.3 Å². The number of amides is 1. The zero-order chi connectivity index (χ0) is 16.5. The number of fused-ring (bicyclic) bond motifs is 2. The maximum atomic E-state index is 12.6. The number of carbonyl (C=O) groups is 1. The Kier molecular flexibility index (Phi) is 3.57. The molecule has 2 aromatic carbocycles. The van der Waals surface area contributed by atoms with Crippen molar-refractivity contribution < 1.29 is 14.3 Å². The van der Waals surface area contributed by atoms with Gasteiger partial charge in [-0.1, -0.05) is 6.07 Å². The van der Waals surface area contributed by atoms with Crippen LogP contribution in [0, 0.1) is 0 Å². The first-order valence-corrected chi connectivity index (χ1v) is 7.78. The van der Waals surface area contributed by atoms with Gasteiger partial charge in [-0.15, -0.1) is 0 Å². The van der Waals surface area contributed by atoms with Crippen molar-refractivity contribution in [1.82, 2.24) is 14.9 Å². The van der Waals surface area contributed by atoms with Crippen molar-refractivity contribution in [1.29, 1.82) is 0 Å². The van der Waals surface area contributed by atoms with Gasteiger partial charge in [0, 0.05) is 19.2 Å². The van der Waals surface area contributed by atoms with Crippen molar-refractivity contribution in [3.8, 4) is 11.5 Å². The van der Waals surface area contributed by atoms with E-state index in [9.17, 15) is 4.79 Å². The number of nitrogens with one attached hydrogen (secondary N) is 1. The second-order valence-electron chi connectivity index (χ2n) is 5.77. The van der Waals surface area contributed by atoms with Crippen LogP contribution in [0.15, 0.2) is 42.7 Å². The van der Waals surface area contributed by atoms with E-state index in [4.69, 9.17) is 9.47 Å². The molecule has 3 aromatic rings. The van der Waals surface area contributed by atoms with Crippen molar-refractivity contribution in [3.63, 3.8) is 0 Å². The van der Waals surface area contributed by atoms with Gasteiger partial charge in [0.2, 0.25) is 0 Å². The van der Waals surface area contributed by atoms with Gasteiger partial charge in [-0.05, 0) is 35.9 Å². The predicted octanol–water partition coefficient (Wildman–Crippen LogP) is 2.61. The van der Waals surface area contributed by atoms with Crippen LogP contribution in [0.1, 0.15) is 15.9 Å². The number of aromatic amines is 1. The van der Waals surface area contributed by atoms with E-state index in [-0.39, 0.29) is 5.91 Å². The first-order chi connectivity index (χ1) is 11.7. The molecule has 6 nitrogen and oxygen atoms in total. The quantitative estimate of drug-likeness (QED) is 0.804. The van der Waals surface area contributed by atoms with Crippen molar-refractivity contribution in [2.45, 2.75) is 6.54 Å². The smallest absolute Gasteiger partial charge is 0.253 e. The summed E-state index contributed by atoms with van der Waals surface area (Å²) < 4.78 is 11.1. The maximum Gasteiger partial charge on any atom is 0.253 e. The molecule has 1 aliphatic heterocycles. The van der Waals surface area contributed by atoms with Gasteiger partial charge in [0.05, 0.1) is 17.4 Å². The van der Waals surface area contributed by atoms with E-state index in [1.54, 1.807) is 24.3 Å². The lowest BCUT2D eigenvalue weighted by Gasteiger charge is -2.21. The number of aromatic nitrogens is 2. The van der Waals surface area contributed by atoms with Gasteiger partial charge in [0.25, 0.3) is 5.91 Å².